The number of imide groups is 2. The first-order chi connectivity index (χ1) is 29.9. The van der Waals surface area contributed by atoms with Crippen LogP contribution in [0.3, 0.4) is 0 Å². The molecule has 0 radical (unpaired) electrons. The minimum Gasteiger partial charge on any atom is -0.474 e. The van der Waals surface area contributed by atoms with E-state index in [0.717, 1.165) is 105 Å². The number of anilines is 3. The van der Waals surface area contributed by atoms with Gasteiger partial charge in [0.2, 0.25) is 17.7 Å². The zero-order chi connectivity index (χ0) is 42.9. The third-order valence-corrected chi connectivity index (χ3v) is 14.1. The Balaban J connectivity index is 0.681. The molecular formula is C46H49FN8O7. The maximum Gasteiger partial charge on any atom is 0.413 e. The Kier molecular flexibility index (Phi) is 10.1. The maximum atomic E-state index is 15.4. The first kappa shape index (κ1) is 39.9. The van der Waals surface area contributed by atoms with Crippen LogP contribution < -0.4 is 25.2 Å². The number of piperidine rings is 3. The van der Waals surface area contributed by atoms with Gasteiger partial charge in [-0.2, -0.15) is 0 Å². The molecule has 5 amide bonds. The van der Waals surface area contributed by atoms with Crippen molar-refractivity contribution in [3.8, 4) is 17.0 Å². The van der Waals surface area contributed by atoms with Gasteiger partial charge in [0.15, 0.2) is 0 Å². The summed E-state index contributed by atoms with van der Waals surface area (Å²) < 4.78 is 27.0. The highest BCUT2D eigenvalue weighted by Gasteiger charge is 2.48. The van der Waals surface area contributed by atoms with Crippen molar-refractivity contribution >= 4 is 57.7 Å². The second-order valence-electron chi connectivity index (χ2n) is 17.9. The Hall–Kier alpha value is -6.16. The van der Waals surface area contributed by atoms with E-state index >= 15 is 4.39 Å². The van der Waals surface area contributed by atoms with Crippen molar-refractivity contribution in [1.82, 2.24) is 25.1 Å². The topological polar surface area (TPSA) is 167 Å². The minimum atomic E-state index is -0.977. The molecule has 2 N–H and O–H groups in total. The van der Waals surface area contributed by atoms with Gasteiger partial charge in [-0.25, -0.2) is 19.2 Å². The molecule has 1 aliphatic carbocycles. The van der Waals surface area contributed by atoms with Crippen molar-refractivity contribution in [2.75, 3.05) is 68.0 Å². The number of hydrogen-bond acceptors (Lipinski definition) is 12. The summed E-state index contributed by atoms with van der Waals surface area (Å²) in [5.74, 6) is -0.936. The average molecular weight is 845 g/mol. The standard InChI is InChI=1S/C46H49FN8O7/c1-26-35(24-49-42-40(26)52(2)15-16-61-42)33-17-28-19-38(48-23-29(28)18-36(33)47)50-45(60)62-31-21-46(22-31)9-13-53(14-10-46)25-27-7-11-54(12-8-27)30-3-4-32-34(20-30)44(59)55(43(32)58)37-5-6-39(56)51-41(37)57/h3-4,17-20,23-24,27,31,37H,5-16,21-22,25H2,1-2H3,(H,48,50,60)(H,51,56,57). The Morgan fingerprint density at radius 3 is 2.45 bits per heavy atom. The molecule has 7 heterocycles. The molecule has 6 aliphatic rings. The Labute approximate surface area is 357 Å². The molecule has 1 saturated carbocycles. The first-order valence-electron chi connectivity index (χ1n) is 21.7. The summed E-state index contributed by atoms with van der Waals surface area (Å²) in [6, 6.07) is 9.31. The lowest BCUT2D eigenvalue weighted by Crippen LogP contribution is -2.54. The third kappa shape index (κ3) is 7.27. The second-order valence-corrected chi connectivity index (χ2v) is 17.9. The van der Waals surface area contributed by atoms with Crippen molar-refractivity contribution in [1.29, 1.82) is 0 Å². The number of pyridine rings is 2. The van der Waals surface area contributed by atoms with Crippen molar-refractivity contribution in [2.45, 2.75) is 70.4 Å². The van der Waals surface area contributed by atoms with Gasteiger partial charge in [-0.1, -0.05) is 0 Å². The van der Waals surface area contributed by atoms with E-state index < -0.39 is 35.8 Å². The van der Waals surface area contributed by atoms with Crippen LogP contribution in [0.2, 0.25) is 0 Å². The molecule has 5 aliphatic heterocycles. The third-order valence-electron chi connectivity index (χ3n) is 14.1. The molecule has 2 aromatic heterocycles. The van der Waals surface area contributed by atoms with E-state index in [2.05, 4.69) is 35.3 Å². The van der Waals surface area contributed by atoms with Gasteiger partial charge < -0.3 is 24.2 Å². The van der Waals surface area contributed by atoms with Gasteiger partial charge in [-0.05, 0) is 124 Å². The van der Waals surface area contributed by atoms with Crippen LogP contribution in [0.1, 0.15) is 77.6 Å². The number of hydrogen-bond donors (Lipinski definition) is 2. The number of benzene rings is 2. The lowest BCUT2D eigenvalue weighted by molar-refractivity contribution is -0.136. The number of likely N-dealkylation sites (N-methyl/N-ethyl adjacent to an activating group) is 1. The summed E-state index contributed by atoms with van der Waals surface area (Å²) >= 11 is 0. The molecule has 2 aromatic carbocycles. The predicted octanol–water partition coefficient (Wildman–Crippen LogP) is 5.68. The maximum absolute atomic E-state index is 15.4. The number of ether oxygens (including phenoxy) is 2. The highest BCUT2D eigenvalue weighted by molar-refractivity contribution is 6.23. The molecule has 4 fully saturated rings. The van der Waals surface area contributed by atoms with E-state index in [0.29, 0.717) is 51.9 Å². The predicted molar refractivity (Wildman–Crippen MR) is 228 cm³/mol. The molecule has 4 aromatic rings. The van der Waals surface area contributed by atoms with Crippen LogP contribution in [-0.4, -0.2) is 115 Å². The van der Waals surface area contributed by atoms with Crippen LogP contribution >= 0.6 is 0 Å². The van der Waals surface area contributed by atoms with Crippen LogP contribution in [0, 0.1) is 24.1 Å². The number of amides is 5. The van der Waals surface area contributed by atoms with Gasteiger partial charge in [0.25, 0.3) is 11.8 Å². The van der Waals surface area contributed by atoms with Crippen LogP contribution in [0.4, 0.5) is 26.4 Å². The van der Waals surface area contributed by atoms with Crippen LogP contribution in [0.5, 0.6) is 5.88 Å². The van der Waals surface area contributed by atoms with Crippen molar-refractivity contribution in [3.05, 3.63) is 71.3 Å². The van der Waals surface area contributed by atoms with Gasteiger partial charge in [0, 0.05) is 67.7 Å². The fraction of sp³-hybridized carbons (Fsp3) is 0.457. The molecular weight excluding hydrogens is 796 g/mol. The summed E-state index contributed by atoms with van der Waals surface area (Å²) in [6.45, 7) is 7.96. The van der Waals surface area contributed by atoms with E-state index in [9.17, 15) is 24.0 Å². The van der Waals surface area contributed by atoms with Crippen LogP contribution in [-0.2, 0) is 14.3 Å². The fourth-order valence-electron chi connectivity index (χ4n) is 10.5. The number of nitrogens with zero attached hydrogens (tertiary/aromatic N) is 6. The molecule has 322 valence electrons. The lowest BCUT2D eigenvalue weighted by atomic mass is 9.61. The quantitative estimate of drug-likeness (QED) is 0.219. The Morgan fingerprint density at radius 2 is 1.68 bits per heavy atom. The number of carbonyl (C=O) groups is 5. The van der Waals surface area contributed by atoms with Crippen molar-refractivity contribution in [3.63, 3.8) is 0 Å². The highest BCUT2D eigenvalue weighted by Crippen LogP contribution is 2.50. The van der Waals surface area contributed by atoms with Gasteiger partial charge >= 0.3 is 6.09 Å². The number of carbonyl (C=O) groups excluding carboxylic acids is 5. The van der Waals surface area contributed by atoms with E-state index in [1.807, 2.05) is 20.0 Å². The molecule has 0 bridgehead atoms. The lowest BCUT2D eigenvalue weighted by Gasteiger charge is -2.51. The number of likely N-dealkylation sites (tertiary alicyclic amines) is 1. The number of aromatic nitrogens is 2. The van der Waals surface area contributed by atoms with E-state index in [1.54, 1.807) is 36.7 Å². The zero-order valence-corrected chi connectivity index (χ0v) is 34.9. The molecule has 1 unspecified atom stereocenters. The summed E-state index contributed by atoms with van der Waals surface area (Å²) in [5, 5.41) is 6.37. The molecule has 16 heteroatoms. The zero-order valence-electron chi connectivity index (χ0n) is 34.9. The number of rotatable bonds is 7. The first-order valence-corrected chi connectivity index (χ1v) is 21.7. The van der Waals surface area contributed by atoms with Crippen molar-refractivity contribution in [2.24, 2.45) is 11.3 Å². The minimum absolute atomic E-state index is 0.0877. The SMILES string of the molecule is Cc1c(-c2cc3cc(NC(=O)OC4CC5(CCN(CC6CCN(c7ccc8c(c7)C(=O)N(C7CCC(=O)NC7=O)C8=O)CC6)CC5)C4)ncc3cc2F)cnc2c1N(C)CCO2. The van der Waals surface area contributed by atoms with Gasteiger partial charge in [-0.15, -0.1) is 0 Å². The van der Waals surface area contributed by atoms with Crippen LogP contribution in [0.25, 0.3) is 21.9 Å². The summed E-state index contributed by atoms with van der Waals surface area (Å²) in [6.07, 6.45) is 8.57. The molecule has 62 heavy (non-hydrogen) atoms. The highest BCUT2D eigenvalue weighted by atomic mass is 19.1. The molecule has 1 spiro atoms. The summed E-state index contributed by atoms with van der Waals surface area (Å²) in [7, 11) is 1.97. The number of halogens is 1. The monoisotopic (exact) mass is 844 g/mol. The Morgan fingerprint density at radius 1 is 0.903 bits per heavy atom. The van der Waals surface area contributed by atoms with E-state index in [4.69, 9.17) is 9.47 Å². The molecule has 1 atom stereocenters. The molecule has 3 saturated heterocycles. The van der Waals surface area contributed by atoms with E-state index in [-0.39, 0.29) is 30.2 Å². The average Bonchev–Trinajstić information content (AvgIpc) is 3.49. The van der Waals surface area contributed by atoms with Gasteiger partial charge in [0.1, 0.15) is 36.1 Å². The smallest absolute Gasteiger partial charge is 0.413 e. The van der Waals surface area contributed by atoms with Crippen molar-refractivity contribution < 1.29 is 37.8 Å². The summed E-state index contributed by atoms with van der Waals surface area (Å²) in [5.41, 5.74) is 4.50. The van der Waals surface area contributed by atoms with Gasteiger partial charge in [0.05, 0.1) is 17.7 Å². The molecule has 10 rings (SSSR count). The second kappa shape index (κ2) is 15.6. The molecule has 15 nitrogen and oxygen atoms in total. The number of fused-ring (bicyclic) bond motifs is 3. The number of nitrogens with one attached hydrogen (secondary N) is 2. The Bertz CT molecular complexity index is 2530. The normalized spacial score (nSPS) is 21.7. The van der Waals surface area contributed by atoms with Crippen LogP contribution in [0.15, 0.2) is 48.8 Å². The fourth-order valence-corrected chi connectivity index (χ4v) is 10.5. The van der Waals surface area contributed by atoms with E-state index in [1.165, 1.54) is 6.07 Å². The van der Waals surface area contributed by atoms with Gasteiger partial charge in [-0.3, -0.25) is 34.7 Å². The largest absolute Gasteiger partial charge is 0.474 e. The summed E-state index contributed by atoms with van der Waals surface area (Å²) in [4.78, 5) is 80.3.